The number of hydrogen-bond acceptors (Lipinski definition) is 7. The molecule has 1 amide bonds. The Morgan fingerprint density at radius 3 is 2.77 bits per heavy atom. The van der Waals surface area contributed by atoms with Gasteiger partial charge in [0.05, 0.1) is 27.9 Å². The van der Waals surface area contributed by atoms with E-state index in [9.17, 15) is 14.4 Å². The summed E-state index contributed by atoms with van der Waals surface area (Å²) in [6.45, 7) is 0.220. The lowest BCUT2D eigenvalue weighted by Crippen LogP contribution is -2.29. The van der Waals surface area contributed by atoms with E-state index < -0.39 is 5.97 Å². The Labute approximate surface area is 186 Å². The lowest BCUT2D eigenvalue weighted by molar-refractivity contribution is -0.137. The quantitative estimate of drug-likeness (QED) is 0.325. The molecule has 31 heavy (non-hydrogen) atoms. The van der Waals surface area contributed by atoms with E-state index in [0.717, 1.165) is 17.1 Å². The predicted octanol–water partition coefficient (Wildman–Crippen LogP) is 4.12. The van der Waals surface area contributed by atoms with Gasteiger partial charge in [0.1, 0.15) is 4.32 Å². The number of carboxylic acids is 1. The molecule has 1 aliphatic heterocycles. The number of furan rings is 1. The van der Waals surface area contributed by atoms with E-state index in [0.29, 0.717) is 32.4 Å². The Morgan fingerprint density at radius 1 is 1.23 bits per heavy atom. The minimum atomic E-state index is -0.928. The van der Waals surface area contributed by atoms with E-state index >= 15 is 0 Å². The number of para-hydroxylation sites is 1. The zero-order chi connectivity index (χ0) is 22.0. The topological polar surface area (TPSA) is 101 Å². The van der Waals surface area contributed by atoms with Gasteiger partial charge in [0.15, 0.2) is 5.76 Å². The third-order valence-electron chi connectivity index (χ3n) is 4.66. The van der Waals surface area contributed by atoms with E-state index in [1.165, 1.54) is 11.2 Å². The Kier molecular flexibility index (Phi) is 5.97. The number of amides is 1. The molecule has 1 saturated heterocycles. The van der Waals surface area contributed by atoms with E-state index in [1.807, 2.05) is 24.3 Å². The highest BCUT2D eigenvalue weighted by Gasteiger charge is 2.32. The fourth-order valence-corrected chi connectivity index (χ4v) is 4.45. The molecule has 3 aromatic rings. The molecule has 156 valence electrons. The summed E-state index contributed by atoms with van der Waals surface area (Å²) in [7, 11) is 0. The maximum Gasteiger partial charge on any atom is 0.303 e. The van der Waals surface area contributed by atoms with Crippen LogP contribution < -0.4 is 0 Å². The first-order valence-corrected chi connectivity index (χ1v) is 10.6. The number of hydrogen-bond donors (Lipinski definition) is 1. The molecule has 0 aliphatic carbocycles. The maximum atomic E-state index is 13.0. The molecule has 9 heteroatoms. The minimum absolute atomic E-state index is 0.0515. The van der Waals surface area contributed by atoms with Crippen molar-refractivity contribution >= 4 is 62.9 Å². The molecule has 0 bridgehead atoms. The summed E-state index contributed by atoms with van der Waals surface area (Å²) in [5.41, 5.74) is 1.33. The van der Waals surface area contributed by atoms with Crippen LogP contribution in [0.1, 0.15) is 34.7 Å². The van der Waals surface area contributed by atoms with Gasteiger partial charge in [0, 0.05) is 18.4 Å². The summed E-state index contributed by atoms with van der Waals surface area (Å²) in [4.78, 5) is 42.9. The summed E-state index contributed by atoms with van der Waals surface area (Å²) in [6.07, 6.45) is 3.22. The Morgan fingerprint density at radius 2 is 2.03 bits per heavy atom. The van der Waals surface area contributed by atoms with Crippen molar-refractivity contribution in [3.8, 4) is 0 Å². The van der Waals surface area contributed by atoms with Gasteiger partial charge in [0.2, 0.25) is 5.78 Å². The zero-order valence-corrected chi connectivity index (χ0v) is 17.7. The third-order valence-corrected chi connectivity index (χ3v) is 6.03. The molecule has 1 N–H and O–H groups in total. The van der Waals surface area contributed by atoms with Gasteiger partial charge in [-0.1, -0.05) is 42.2 Å². The van der Waals surface area contributed by atoms with Crippen molar-refractivity contribution in [3.05, 3.63) is 70.7 Å². The number of aromatic nitrogens is 1. The Hall–Kier alpha value is -3.30. The number of carbonyl (C=O) groups excluding carboxylic acids is 2. The molecule has 0 unspecified atom stereocenters. The number of thiocarbonyl (C=S) groups is 1. The molecule has 0 radical (unpaired) electrons. The van der Waals surface area contributed by atoms with Crippen LogP contribution in [0.4, 0.5) is 0 Å². The monoisotopic (exact) mass is 452 g/mol. The molecular formula is C22H16N2O5S2. The molecule has 0 saturated carbocycles. The average molecular weight is 453 g/mol. The van der Waals surface area contributed by atoms with Crippen LogP contribution in [0.2, 0.25) is 0 Å². The van der Waals surface area contributed by atoms with Crippen molar-refractivity contribution in [2.45, 2.75) is 12.8 Å². The van der Waals surface area contributed by atoms with Crippen LogP contribution >= 0.6 is 24.0 Å². The highest BCUT2D eigenvalue weighted by molar-refractivity contribution is 8.26. The molecule has 4 rings (SSSR count). The van der Waals surface area contributed by atoms with Crippen molar-refractivity contribution in [1.29, 1.82) is 0 Å². The number of ketones is 1. The van der Waals surface area contributed by atoms with Gasteiger partial charge in [-0.25, -0.2) is 4.98 Å². The molecule has 1 fully saturated rings. The number of pyridine rings is 1. The van der Waals surface area contributed by atoms with Gasteiger partial charge in [-0.2, -0.15) is 0 Å². The summed E-state index contributed by atoms with van der Waals surface area (Å²) in [5, 5.41) is 9.60. The van der Waals surface area contributed by atoms with Crippen LogP contribution in [0.15, 0.2) is 58.1 Å². The lowest BCUT2D eigenvalue weighted by atomic mass is 10.0. The number of thioether (sulfide) groups is 1. The third kappa shape index (κ3) is 4.42. The number of rotatable bonds is 7. The highest BCUT2D eigenvalue weighted by Crippen LogP contribution is 2.33. The van der Waals surface area contributed by atoms with Crippen LogP contribution in [0.25, 0.3) is 17.0 Å². The molecule has 1 aromatic carbocycles. The van der Waals surface area contributed by atoms with Crippen molar-refractivity contribution in [2.75, 3.05) is 6.54 Å². The fraction of sp³-hybridized carbons (Fsp3) is 0.136. The molecular weight excluding hydrogens is 436 g/mol. The number of carboxylic acid groups (broad SMARTS) is 1. The average Bonchev–Trinajstić information content (AvgIpc) is 3.37. The SMILES string of the molecule is O=C(O)CCCN1C(=O)C(=Cc2nc3ccccc3cc2C(=O)c2ccco2)SC1=S. The van der Waals surface area contributed by atoms with E-state index in [1.54, 1.807) is 24.3 Å². The second-order valence-corrected chi connectivity index (χ2v) is 8.43. The number of carbonyl (C=O) groups is 3. The Bertz CT molecular complexity index is 1230. The normalized spacial score (nSPS) is 15.2. The van der Waals surface area contributed by atoms with E-state index in [-0.39, 0.29) is 30.4 Å². The van der Waals surface area contributed by atoms with Crippen LogP contribution in [0, 0.1) is 0 Å². The van der Waals surface area contributed by atoms with Crippen LogP contribution in [0.3, 0.4) is 0 Å². The Balaban J connectivity index is 1.71. The standard InChI is InChI=1S/C22H16N2O5S2/c25-19(26)8-3-9-24-21(28)18(31-22(24)30)12-16-14(20(27)17-7-4-10-29-17)11-13-5-1-2-6-15(13)23-16/h1-2,4-7,10-12H,3,8-9H2,(H,25,26). The second kappa shape index (κ2) is 8.83. The summed E-state index contributed by atoms with van der Waals surface area (Å²) >= 11 is 6.40. The zero-order valence-electron chi connectivity index (χ0n) is 16.1. The first kappa shape index (κ1) is 21.0. The largest absolute Gasteiger partial charge is 0.481 e. The lowest BCUT2D eigenvalue weighted by Gasteiger charge is -2.13. The number of nitrogens with zero attached hydrogens (tertiary/aromatic N) is 2. The molecule has 2 aromatic heterocycles. The van der Waals surface area contributed by atoms with Crippen molar-refractivity contribution in [2.24, 2.45) is 0 Å². The van der Waals surface area contributed by atoms with Crippen molar-refractivity contribution in [3.63, 3.8) is 0 Å². The maximum absolute atomic E-state index is 13.0. The summed E-state index contributed by atoms with van der Waals surface area (Å²) in [6, 6.07) is 12.3. The minimum Gasteiger partial charge on any atom is -0.481 e. The van der Waals surface area contributed by atoms with Gasteiger partial charge < -0.3 is 9.52 Å². The van der Waals surface area contributed by atoms with Crippen LogP contribution in [-0.4, -0.2) is 43.5 Å². The van der Waals surface area contributed by atoms with Crippen molar-refractivity contribution < 1.29 is 23.9 Å². The fourth-order valence-electron chi connectivity index (χ4n) is 3.17. The van der Waals surface area contributed by atoms with Crippen molar-refractivity contribution in [1.82, 2.24) is 9.88 Å². The van der Waals surface area contributed by atoms with E-state index in [2.05, 4.69) is 4.98 Å². The van der Waals surface area contributed by atoms with Gasteiger partial charge >= 0.3 is 5.97 Å². The van der Waals surface area contributed by atoms with Crippen LogP contribution in [-0.2, 0) is 9.59 Å². The summed E-state index contributed by atoms with van der Waals surface area (Å²) in [5.74, 6) is -1.42. The van der Waals surface area contributed by atoms with Gasteiger partial charge in [-0.05, 0) is 36.8 Å². The first-order chi connectivity index (χ1) is 14.9. The molecule has 0 atom stereocenters. The highest BCUT2D eigenvalue weighted by atomic mass is 32.2. The summed E-state index contributed by atoms with van der Waals surface area (Å²) < 4.78 is 5.61. The van der Waals surface area contributed by atoms with E-state index in [4.69, 9.17) is 21.7 Å². The molecule has 0 spiro atoms. The molecule has 3 heterocycles. The second-order valence-electron chi connectivity index (χ2n) is 6.75. The number of aliphatic carboxylic acids is 1. The number of fused-ring (bicyclic) bond motifs is 1. The van der Waals surface area contributed by atoms with Gasteiger partial charge in [-0.3, -0.25) is 19.3 Å². The first-order valence-electron chi connectivity index (χ1n) is 9.39. The molecule has 7 nitrogen and oxygen atoms in total. The number of benzene rings is 1. The van der Waals surface area contributed by atoms with Gasteiger partial charge in [-0.15, -0.1) is 0 Å². The van der Waals surface area contributed by atoms with Gasteiger partial charge in [0.25, 0.3) is 5.91 Å². The smallest absolute Gasteiger partial charge is 0.303 e. The molecule has 1 aliphatic rings. The van der Waals surface area contributed by atoms with Crippen LogP contribution in [0.5, 0.6) is 0 Å². The predicted molar refractivity (Wildman–Crippen MR) is 121 cm³/mol.